The molecule has 1 amide bonds. The highest BCUT2D eigenvalue weighted by Gasteiger charge is 2.40. The maximum absolute atomic E-state index is 13.3. The van der Waals surface area contributed by atoms with Crippen molar-refractivity contribution < 1.29 is 27.1 Å². The van der Waals surface area contributed by atoms with Gasteiger partial charge in [0.2, 0.25) is 5.91 Å². The molecule has 0 saturated carbocycles. The Morgan fingerprint density at radius 2 is 1.90 bits per heavy atom. The molecule has 0 aliphatic carbocycles. The Morgan fingerprint density at radius 3 is 2.50 bits per heavy atom. The third-order valence-electron chi connectivity index (χ3n) is 4.79. The number of methoxy groups -OCH3 is 1. The van der Waals surface area contributed by atoms with Crippen LogP contribution < -0.4 is 10.0 Å². The average molecular weight is 456 g/mol. The smallest absolute Gasteiger partial charge is 0.337 e. The minimum atomic E-state index is -3.95. The van der Waals surface area contributed by atoms with Gasteiger partial charge >= 0.3 is 5.97 Å². The summed E-state index contributed by atoms with van der Waals surface area (Å²) in [6, 6.07) is 8.19. The summed E-state index contributed by atoms with van der Waals surface area (Å²) in [5.41, 5.74) is 1.15. The summed E-state index contributed by atoms with van der Waals surface area (Å²) in [6.07, 6.45) is 0.133. The molecule has 0 bridgehead atoms. The van der Waals surface area contributed by atoms with Crippen LogP contribution in [0, 0.1) is 5.82 Å². The molecule has 11 heteroatoms. The van der Waals surface area contributed by atoms with Gasteiger partial charge in [-0.25, -0.2) is 9.18 Å². The molecule has 1 heterocycles. The molecular formula is C19H19ClFN3O5S. The zero-order valence-electron chi connectivity index (χ0n) is 16.1. The van der Waals surface area contributed by atoms with Gasteiger partial charge in [0.15, 0.2) is 0 Å². The standard InChI is InChI=1S/C19H19ClFN3O5S/c1-24-17(18(25)22-13-7-8-15(21)14(20)9-13)10-16(23-30(24,27)28)11-3-5-12(6-4-11)19(26)29-2/h3-9,16-17,23H,10H2,1-2H3,(H,22,25). The first-order chi connectivity index (χ1) is 14.1. The molecule has 2 unspecified atom stereocenters. The van der Waals surface area contributed by atoms with Gasteiger partial charge in [0.25, 0.3) is 10.2 Å². The number of halogens is 2. The topological polar surface area (TPSA) is 105 Å². The van der Waals surface area contributed by atoms with Crippen LogP contribution >= 0.6 is 11.6 Å². The molecule has 2 aromatic rings. The predicted molar refractivity (Wildman–Crippen MR) is 109 cm³/mol. The molecule has 160 valence electrons. The quantitative estimate of drug-likeness (QED) is 0.689. The fourth-order valence-corrected chi connectivity index (χ4v) is 4.55. The van der Waals surface area contributed by atoms with Gasteiger partial charge in [-0.15, -0.1) is 0 Å². The molecule has 2 atom stereocenters. The second-order valence-electron chi connectivity index (χ2n) is 6.67. The zero-order chi connectivity index (χ0) is 22.1. The van der Waals surface area contributed by atoms with E-state index in [2.05, 4.69) is 14.8 Å². The molecule has 30 heavy (non-hydrogen) atoms. The summed E-state index contributed by atoms with van der Waals surface area (Å²) in [4.78, 5) is 24.4. The first-order valence-electron chi connectivity index (χ1n) is 8.82. The maximum Gasteiger partial charge on any atom is 0.337 e. The number of anilines is 1. The highest BCUT2D eigenvalue weighted by Crippen LogP contribution is 2.29. The second-order valence-corrected chi connectivity index (χ2v) is 8.84. The average Bonchev–Trinajstić information content (AvgIpc) is 2.72. The minimum Gasteiger partial charge on any atom is -0.465 e. The van der Waals surface area contributed by atoms with Crippen molar-refractivity contribution in [3.05, 3.63) is 64.4 Å². The van der Waals surface area contributed by atoms with Crippen molar-refractivity contribution in [3.8, 4) is 0 Å². The lowest BCUT2D eigenvalue weighted by atomic mass is 9.98. The third kappa shape index (κ3) is 4.62. The molecule has 3 rings (SSSR count). The first kappa shape index (κ1) is 22.2. The van der Waals surface area contributed by atoms with Crippen LogP contribution in [0.4, 0.5) is 10.1 Å². The van der Waals surface area contributed by atoms with E-state index in [4.69, 9.17) is 11.6 Å². The largest absolute Gasteiger partial charge is 0.465 e. The predicted octanol–water partition coefficient (Wildman–Crippen LogP) is 2.48. The normalized spacial score (nSPS) is 21.1. The summed E-state index contributed by atoms with van der Waals surface area (Å²) < 4.78 is 46.5. The second kappa shape index (κ2) is 8.68. The van der Waals surface area contributed by atoms with Crippen molar-refractivity contribution in [1.29, 1.82) is 0 Å². The molecule has 1 fully saturated rings. The third-order valence-corrected chi connectivity index (χ3v) is 6.68. The number of nitrogens with one attached hydrogen (secondary N) is 2. The van der Waals surface area contributed by atoms with E-state index >= 15 is 0 Å². The number of rotatable bonds is 4. The molecule has 2 aromatic carbocycles. The van der Waals surface area contributed by atoms with Gasteiger partial charge < -0.3 is 10.1 Å². The Hall–Kier alpha value is -2.53. The molecule has 0 spiro atoms. The van der Waals surface area contributed by atoms with Gasteiger partial charge in [-0.2, -0.15) is 17.4 Å². The van der Waals surface area contributed by atoms with Gasteiger partial charge in [-0.05, 0) is 42.3 Å². The zero-order valence-corrected chi connectivity index (χ0v) is 17.6. The maximum atomic E-state index is 13.3. The van der Waals surface area contributed by atoms with E-state index in [1.165, 1.54) is 38.4 Å². The van der Waals surface area contributed by atoms with Crippen molar-refractivity contribution in [3.63, 3.8) is 0 Å². The molecule has 1 saturated heterocycles. The number of nitrogens with zero attached hydrogens (tertiary/aromatic N) is 1. The van der Waals surface area contributed by atoms with Crippen molar-refractivity contribution in [2.45, 2.75) is 18.5 Å². The van der Waals surface area contributed by atoms with Gasteiger partial charge in [0, 0.05) is 18.8 Å². The van der Waals surface area contributed by atoms with E-state index in [1.807, 2.05) is 0 Å². The summed E-state index contributed by atoms with van der Waals surface area (Å²) in [7, 11) is -1.39. The number of hydrogen-bond donors (Lipinski definition) is 2. The van der Waals surface area contributed by atoms with Crippen LogP contribution in [-0.2, 0) is 19.7 Å². The van der Waals surface area contributed by atoms with E-state index in [-0.39, 0.29) is 17.1 Å². The summed E-state index contributed by atoms with van der Waals surface area (Å²) >= 11 is 5.73. The lowest BCUT2D eigenvalue weighted by Gasteiger charge is -2.36. The fraction of sp³-hybridized carbons (Fsp3) is 0.263. The van der Waals surface area contributed by atoms with Gasteiger partial charge in [-0.3, -0.25) is 4.79 Å². The van der Waals surface area contributed by atoms with E-state index < -0.39 is 40.0 Å². The van der Waals surface area contributed by atoms with Crippen LogP contribution in [0.25, 0.3) is 0 Å². The van der Waals surface area contributed by atoms with Crippen LogP contribution in [0.2, 0.25) is 5.02 Å². The Labute approximate surface area is 178 Å². The first-order valence-corrected chi connectivity index (χ1v) is 10.6. The molecular weight excluding hydrogens is 437 g/mol. The fourth-order valence-electron chi connectivity index (χ4n) is 3.10. The highest BCUT2D eigenvalue weighted by atomic mass is 35.5. The minimum absolute atomic E-state index is 0.133. The van der Waals surface area contributed by atoms with Gasteiger partial charge in [-0.1, -0.05) is 23.7 Å². The van der Waals surface area contributed by atoms with Crippen molar-refractivity contribution >= 4 is 39.4 Å². The van der Waals surface area contributed by atoms with Crippen LogP contribution in [0.3, 0.4) is 0 Å². The molecule has 2 N–H and O–H groups in total. The van der Waals surface area contributed by atoms with Gasteiger partial charge in [0.05, 0.1) is 17.7 Å². The monoisotopic (exact) mass is 455 g/mol. The Bertz CT molecular complexity index is 1080. The molecule has 8 nitrogen and oxygen atoms in total. The van der Waals surface area contributed by atoms with Crippen molar-refractivity contribution in [1.82, 2.24) is 9.03 Å². The summed E-state index contributed by atoms with van der Waals surface area (Å²) in [5.74, 6) is -1.73. The van der Waals surface area contributed by atoms with Crippen molar-refractivity contribution in [2.75, 3.05) is 19.5 Å². The van der Waals surface area contributed by atoms with E-state index in [9.17, 15) is 22.4 Å². The van der Waals surface area contributed by atoms with Crippen LogP contribution in [0.1, 0.15) is 28.4 Å². The number of benzene rings is 2. The molecule has 1 aliphatic rings. The Balaban J connectivity index is 1.82. The van der Waals surface area contributed by atoms with E-state index in [0.717, 1.165) is 10.4 Å². The number of hydrogen-bond acceptors (Lipinski definition) is 5. The number of carbonyl (C=O) groups is 2. The van der Waals surface area contributed by atoms with Crippen LogP contribution in [0.5, 0.6) is 0 Å². The number of esters is 1. The van der Waals surface area contributed by atoms with E-state index in [0.29, 0.717) is 11.1 Å². The number of likely N-dealkylation sites (N-methyl/N-ethyl adjacent to an activating group) is 1. The van der Waals surface area contributed by atoms with Crippen LogP contribution in [-0.4, -0.2) is 44.8 Å². The van der Waals surface area contributed by atoms with Crippen LogP contribution in [0.15, 0.2) is 42.5 Å². The number of amides is 1. The molecule has 0 radical (unpaired) electrons. The van der Waals surface area contributed by atoms with Gasteiger partial charge in [0.1, 0.15) is 11.9 Å². The van der Waals surface area contributed by atoms with Crippen molar-refractivity contribution in [2.24, 2.45) is 0 Å². The Kier molecular flexibility index (Phi) is 6.41. The SMILES string of the molecule is COC(=O)c1ccc(C2CC(C(=O)Nc3ccc(F)c(Cl)c3)N(C)S(=O)(=O)N2)cc1. The summed E-state index contributed by atoms with van der Waals surface area (Å²) in [6.45, 7) is 0. The number of ether oxygens (including phenoxy) is 1. The molecule has 0 aromatic heterocycles. The lowest BCUT2D eigenvalue weighted by Crippen LogP contribution is -2.55. The van der Waals surface area contributed by atoms with E-state index in [1.54, 1.807) is 12.1 Å². The Morgan fingerprint density at radius 1 is 1.23 bits per heavy atom. The highest BCUT2D eigenvalue weighted by molar-refractivity contribution is 7.87. The molecule has 1 aliphatic heterocycles. The number of carbonyl (C=O) groups excluding carboxylic acids is 2. The lowest BCUT2D eigenvalue weighted by molar-refractivity contribution is -0.120. The summed E-state index contributed by atoms with van der Waals surface area (Å²) in [5, 5.41) is 2.40.